The van der Waals surface area contributed by atoms with Gasteiger partial charge in [0.1, 0.15) is 0 Å². The highest BCUT2D eigenvalue weighted by molar-refractivity contribution is 5.98. The fraction of sp³-hybridized carbons (Fsp3) is 0.111. The lowest BCUT2D eigenvalue weighted by molar-refractivity contribution is 0.373. The lowest BCUT2D eigenvalue weighted by Crippen LogP contribution is -1.88. The maximum Gasteiger partial charge on any atom is 0.161 e. The molecule has 0 heterocycles. The van der Waals surface area contributed by atoms with Gasteiger partial charge in [0.15, 0.2) is 23.0 Å². The van der Waals surface area contributed by atoms with Crippen LogP contribution in [0.3, 0.4) is 0 Å². The molecular weight excluding hydrogens is 280 g/mol. The van der Waals surface area contributed by atoms with E-state index in [1.165, 1.54) is 14.2 Å². The van der Waals surface area contributed by atoms with Crippen LogP contribution in [0.25, 0.3) is 21.9 Å². The zero-order valence-electron chi connectivity index (χ0n) is 12.3. The summed E-state index contributed by atoms with van der Waals surface area (Å²) < 4.78 is 10.3. The molecular formula is C18H16O4. The van der Waals surface area contributed by atoms with Crippen molar-refractivity contribution in [3.63, 3.8) is 0 Å². The molecule has 0 radical (unpaired) electrons. The summed E-state index contributed by atoms with van der Waals surface area (Å²) in [6.07, 6.45) is 0. The van der Waals surface area contributed by atoms with E-state index in [9.17, 15) is 10.2 Å². The Hall–Kier alpha value is -2.88. The fourth-order valence-corrected chi connectivity index (χ4v) is 2.55. The molecule has 0 saturated heterocycles. The Labute approximate surface area is 128 Å². The summed E-state index contributed by atoms with van der Waals surface area (Å²) in [6, 6.07) is 14.5. The molecule has 3 aromatic rings. The number of phenols is 2. The number of methoxy groups -OCH3 is 2. The molecule has 2 N–H and O–H groups in total. The zero-order valence-corrected chi connectivity index (χ0v) is 12.3. The second-order valence-corrected chi connectivity index (χ2v) is 4.94. The van der Waals surface area contributed by atoms with Crippen LogP contribution in [0.2, 0.25) is 0 Å². The Bertz CT molecular complexity index is 840. The van der Waals surface area contributed by atoms with Gasteiger partial charge in [0.25, 0.3) is 0 Å². The Balaban J connectivity index is 2.25. The quantitative estimate of drug-likeness (QED) is 0.768. The Morgan fingerprint density at radius 1 is 0.773 bits per heavy atom. The van der Waals surface area contributed by atoms with Crippen molar-refractivity contribution in [2.75, 3.05) is 14.2 Å². The predicted octanol–water partition coefficient (Wildman–Crippen LogP) is 3.94. The third kappa shape index (κ3) is 2.29. The maximum atomic E-state index is 10.0. The minimum atomic E-state index is 0.0909. The third-order valence-electron chi connectivity index (χ3n) is 3.67. The molecule has 4 heteroatoms. The molecule has 3 aromatic carbocycles. The number of rotatable bonds is 3. The monoisotopic (exact) mass is 296 g/mol. The van der Waals surface area contributed by atoms with Gasteiger partial charge in [-0.15, -0.1) is 0 Å². The number of hydrogen-bond donors (Lipinski definition) is 2. The summed E-state index contributed by atoms with van der Waals surface area (Å²) in [5, 5.41) is 21.6. The van der Waals surface area contributed by atoms with Gasteiger partial charge < -0.3 is 19.7 Å². The molecule has 0 amide bonds. The van der Waals surface area contributed by atoms with Crippen LogP contribution in [-0.4, -0.2) is 24.4 Å². The van der Waals surface area contributed by atoms with E-state index in [-0.39, 0.29) is 11.5 Å². The summed E-state index contributed by atoms with van der Waals surface area (Å²) in [4.78, 5) is 0. The number of phenolic OH excluding ortho intramolecular Hbond substituents is 2. The van der Waals surface area contributed by atoms with E-state index in [1.54, 1.807) is 24.3 Å². The minimum Gasteiger partial charge on any atom is -0.504 e. The van der Waals surface area contributed by atoms with E-state index < -0.39 is 0 Å². The number of ether oxygens (including phenoxy) is 2. The number of benzene rings is 3. The van der Waals surface area contributed by atoms with Crippen LogP contribution >= 0.6 is 0 Å². The van der Waals surface area contributed by atoms with Crippen LogP contribution in [0.5, 0.6) is 23.0 Å². The highest BCUT2D eigenvalue weighted by Gasteiger charge is 2.10. The van der Waals surface area contributed by atoms with Crippen LogP contribution in [-0.2, 0) is 0 Å². The minimum absolute atomic E-state index is 0.0909. The first kappa shape index (κ1) is 14.1. The number of hydrogen-bond acceptors (Lipinski definition) is 4. The first-order valence-corrected chi connectivity index (χ1v) is 6.81. The van der Waals surface area contributed by atoms with E-state index in [0.717, 1.165) is 21.9 Å². The first-order chi connectivity index (χ1) is 10.6. The van der Waals surface area contributed by atoms with Crippen molar-refractivity contribution >= 4 is 10.8 Å². The molecule has 0 fully saturated rings. The molecule has 4 nitrogen and oxygen atoms in total. The van der Waals surface area contributed by atoms with E-state index in [0.29, 0.717) is 11.5 Å². The average Bonchev–Trinajstić information content (AvgIpc) is 2.54. The van der Waals surface area contributed by atoms with Crippen LogP contribution in [0.15, 0.2) is 48.5 Å². The van der Waals surface area contributed by atoms with Gasteiger partial charge >= 0.3 is 0 Å². The third-order valence-corrected chi connectivity index (χ3v) is 3.67. The largest absolute Gasteiger partial charge is 0.504 e. The Morgan fingerprint density at radius 2 is 1.50 bits per heavy atom. The smallest absolute Gasteiger partial charge is 0.161 e. The molecule has 0 aliphatic rings. The molecule has 0 atom stereocenters. The van der Waals surface area contributed by atoms with Crippen molar-refractivity contribution in [3.05, 3.63) is 48.5 Å². The van der Waals surface area contributed by atoms with Crippen molar-refractivity contribution in [2.24, 2.45) is 0 Å². The Kier molecular flexibility index (Phi) is 3.51. The van der Waals surface area contributed by atoms with Gasteiger partial charge in [-0.1, -0.05) is 24.3 Å². The second-order valence-electron chi connectivity index (χ2n) is 4.94. The Morgan fingerprint density at radius 3 is 2.23 bits per heavy atom. The maximum absolute atomic E-state index is 10.0. The van der Waals surface area contributed by atoms with E-state index in [2.05, 4.69) is 0 Å². The summed E-state index contributed by atoms with van der Waals surface area (Å²) in [7, 11) is 3.04. The molecule has 0 saturated carbocycles. The van der Waals surface area contributed by atoms with Gasteiger partial charge in [-0.05, 0) is 46.2 Å². The molecule has 3 rings (SSSR count). The standard InChI is InChI=1S/C18H16O4/c1-21-17-9-12(6-7-15(17)19)13-5-3-4-11-8-18(22-2)16(20)10-14(11)13/h3-10,19-20H,1-2H3. The molecule has 0 unspecified atom stereocenters. The summed E-state index contributed by atoms with van der Waals surface area (Å²) in [6.45, 7) is 0. The van der Waals surface area contributed by atoms with Gasteiger partial charge in [-0.2, -0.15) is 0 Å². The SMILES string of the molecule is COc1cc(-c2cccc3cc(OC)c(O)cc23)ccc1O. The zero-order chi connectivity index (χ0) is 15.7. The van der Waals surface area contributed by atoms with Gasteiger partial charge in [-0.3, -0.25) is 0 Å². The molecule has 0 aromatic heterocycles. The van der Waals surface area contributed by atoms with Crippen LogP contribution in [0, 0.1) is 0 Å². The topological polar surface area (TPSA) is 58.9 Å². The van der Waals surface area contributed by atoms with Crippen LogP contribution < -0.4 is 9.47 Å². The van der Waals surface area contributed by atoms with Crippen molar-refractivity contribution in [2.45, 2.75) is 0 Å². The number of fused-ring (bicyclic) bond motifs is 1. The van der Waals surface area contributed by atoms with E-state index >= 15 is 0 Å². The van der Waals surface area contributed by atoms with Crippen LogP contribution in [0.1, 0.15) is 0 Å². The lowest BCUT2D eigenvalue weighted by atomic mass is 9.97. The second kappa shape index (κ2) is 5.48. The normalized spacial score (nSPS) is 10.6. The molecule has 0 aliphatic heterocycles. The highest BCUT2D eigenvalue weighted by Crippen LogP contribution is 2.38. The van der Waals surface area contributed by atoms with Gasteiger partial charge in [0, 0.05) is 0 Å². The van der Waals surface area contributed by atoms with E-state index in [4.69, 9.17) is 9.47 Å². The summed E-state index contributed by atoms with van der Waals surface area (Å²) in [5.41, 5.74) is 1.83. The molecule has 0 aliphatic carbocycles. The average molecular weight is 296 g/mol. The first-order valence-electron chi connectivity index (χ1n) is 6.81. The number of aromatic hydroxyl groups is 2. The predicted molar refractivity (Wildman–Crippen MR) is 85.8 cm³/mol. The summed E-state index contributed by atoms with van der Waals surface area (Å²) in [5.74, 6) is 1.03. The van der Waals surface area contributed by atoms with Gasteiger partial charge in [-0.25, -0.2) is 0 Å². The fourth-order valence-electron chi connectivity index (χ4n) is 2.55. The lowest BCUT2D eigenvalue weighted by Gasteiger charge is -2.11. The summed E-state index contributed by atoms with van der Waals surface area (Å²) >= 11 is 0. The molecule has 22 heavy (non-hydrogen) atoms. The highest BCUT2D eigenvalue weighted by atomic mass is 16.5. The van der Waals surface area contributed by atoms with Gasteiger partial charge in [0.05, 0.1) is 14.2 Å². The van der Waals surface area contributed by atoms with Crippen molar-refractivity contribution in [1.82, 2.24) is 0 Å². The van der Waals surface area contributed by atoms with E-state index in [1.807, 2.05) is 24.3 Å². The van der Waals surface area contributed by atoms with Crippen LogP contribution in [0.4, 0.5) is 0 Å². The van der Waals surface area contributed by atoms with Crippen molar-refractivity contribution in [3.8, 4) is 34.1 Å². The van der Waals surface area contributed by atoms with Crippen molar-refractivity contribution < 1.29 is 19.7 Å². The molecule has 0 spiro atoms. The molecule has 112 valence electrons. The van der Waals surface area contributed by atoms with Gasteiger partial charge in [0.2, 0.25) is 0 Å². The van der Waals surface area contributed by atoms with Crippen molar-refractivity contribution in [1.29, 1.82) is 0 Å². The molecule has 0 bridgehead atoms.